The Labute approximate surface area is 137 Å². The summed E-state index contributed by atoms with van der Waals surface area (Å²) in [6, 6.07) is 19.4. The molecule has 0 aliphatic rings. The number of benzene rings is 3. The van der Waals surface area contributed by atoms with Crippen molar-refractivity contribution in [2.24, 2.45) is 0 Å². The van der Waals surface area contributed by atoms with Crippen LogP contribution in [0, 0.1) is 0 Å². The molecule has 0 saturated heterocycles. The standard InChI is InChI=1S/C19H15BrO2/c1-22-18-10-8-14-12-15(7-9-16(14)19(18)20)17(21)11-13-5-3-2-4-6-13/h2-10,12H,11H2,1H3. The molecule has 3 aromatic carbocycles. The zero-order chi connectivity index (χ0) is 15.5. The van der Waals surface area contributed by atoms with Crippen LogP contribution in [0.1, 0.15) is 15.9 Å². The number of rotatable bonds is 4. The number of hydrogen-bond donors (Lipinski definition) is 0. The number of halogens is 1. The Morgan fingerprint density at radius 2 is 1.82 bits per heavy atom. The quantitative estimate of drug-likeness (QED) is 0.613. The summed E-state index contributed by atoms with van der Waals surface area (Å²) >= 11 is 3.55. The predicted octanol–water partition coefficient (Wildman–Crippen LogP) is 5.04. The monoisotopic (exact) mass is 354 g/mol. The first kappa shape index (κ1) is 14.8. The first-order chi connectivity index (χ1) is 10.7. The Kier molecular flexibility index (Phi) is 4.25. The highest BCUT2D eigenvalue weighted by molar-refractivity contribution is 9.10. The Balaban J connectivity index is 1.93. The van der Waals surface area contributed by atoms with Crippen LogP contribution in [-0.4, -0.2) is 12.9 Å². The Bertz CT molecular complexity index is 825. The van der Waals surface area contributed by atoms with Crippen LogP contribution in [-0.2, 0) is 6.42 Å². The number of hydrogen-bond acceptors (Lipinski definition) is 2. The molecule has 0 spiro atoms. The molecule has 0 N–H and O–H groups in total. The van der Waals surface area contributed by atoms with Crippen molar-refractivity contribution < 1.29 is 9.53 Å². The van der Waals surface area contributed by atoms with Crippen molar-refractivity contribution in [1.82, 2.24) is 0 Å². The van der Waals surface area contributed by atoms with Gasteiger partial charge in [0, 0.05) is 12.0 Å². The molecule has 0 heterocycles. The molecule has 0 saturated carbocycles. The van der Waals surface area contributed by atoms with Gasteiger partial charge in [-0.25, -0.2) is 0 Å². The largest absolute Gasteiger partial charge is 0.496 e. The average molecular weight is 355 g/mol. The maximum absolute atomic E-state index is 12.4. The summed E-state index contributed by atoms with van der Waals surface area (Å²) in [7, 11) is 1.64. The minimum Gasteiger partial charge on any atom is -0.496 e. The molecule has 0 atom stereocenters. The molecule has 0 bridgehead atoms. The number of methoxy groups -OCH3 is 1. The lowest BCUT2D eigenvalue weighted by Crippen LogP contribution is -2.03. The molecule has 0 aliphatic carbocycles. The van der Waals surface area contributed by atoms with E-state index in [1.165, 1.54) is 0 Å². The molecule has 0 amide bonds. The second-order valence-corrected chi connectivity index (χ2v) is 5.90. The first-order valence-electron chi connectivity index (χ1n) is 7.02. The van der Waals surface area contributed by atoms with Gasteiger partial charge in [0.2, 0.25) is 0 Å². The second kappa shape index (κ2) is 6.32. The molecule has 0 fully saturated rings. The van der Waals surface area contributed by atoms with Gasteiger partial charge in [0.1, 0.15) is 5.75 Å². The van der Waals surface area contributed by atoms with Crippen LogP contribution in [0.25, 0.3) is 10.8 Å². The van der Waals surface area contributed by atoms with Crippen molar-refractivity contribution >= 4 is 32.5 Å². The van der Waals surface area contributed by atoms with Gasteiger partial charge in [0.25, 0.3) is 0 Å². The van der Waals surface area contributed by atoms with Gasteiger partial charge >= 0.3 is 0 Å². The van der Waals surface area contributed by atoms with Crippen molar-refractivity contribution in [1.29, 1.82) is 0 Å². The van der Waals surface area contributed by atoms with Gasteiger partial charge < -0.3 is 4.74 Å². The van der Waals surface area contributed by atoms with Gasteiger partial charge in [0.05, 0.1) is 11.6 Å². The maximum atomic E-state index is 12.4. The van der Waals surface area contributed by atoms with Crippen LogP contribution in [0.2, 0.25) is 0 Å². The van der Waals surface area contributed by atoms with Crippen molar-refractivity contribution in [3.8, 4) is 5.75 Å². The molecule has 2 nitrogen and oxygen atoms in total. The van der Waals surface area contributed by atoms with E-state index in [0.717, 1.165) is 32.1 Å². The number of carbonyl (C=O) groups excluding carboxylic acids is 1. The van der Waals surface area contributed by atoms with E-state index >= 15 is 0 Å². The third-order valence-electron chi connectivity index (χ3n) is 3.67. The SMILES string of the molecule is COc1ccc2cc(C(=O)Cc3ccccc3)ccc2c1Br. The molecule has 0 radical (unpaired) electrons. The minimum absolute atomic E-state index is 0.125. The average Bonchev–Trinajstić information content (AvgIpc) is 2.56. The van der Waals surface area contributed by atoms with E-state index in [1.54, 1.807) is 7.11 Å². The summed E-state index contributed by atoms with van der Waals surface area (Å²) in [4.78, 5) is 12.4. The lowest BCUT2D eigenvalue weighted by molar-refractivity contribution is 0.0993. The molecule has 3 aromatic rings. The molecule has 110 valence electrons. The number of carbonyl (C=O) groups is 1. The molecular formula is C19H15BrO2. The molecule has 22 heavy (non-hydrogen) atoms. The van der Waals surface area contributed by atoms with E-state index in [2.05, 4.69) is 15.9 Å². The van der Waals surface area contributed by atoms with E-state index in [4.69, 9.17) is 4.74 Å². The topological polar surface area (TPSA) is 26.3 Å². The zero-order valence-electron chi connectivity index (χ0n) is 12.2. The van der Waals surface area contributed by atoms with Gasteiger partial charge in [-0.05, 0) is 44.4 Å². The van der Waals surface area contributed by atoms with Crippen molar-refractivity contribution in [3.63, 3.8) is 0 Å². The number of Topliss-reactive ketones (excluding diaryl/α,β-unsaturated/α-hetero) is 1. The van der Waals surface area contributed by atoms with Gasteiger partial charge in [-0.15, -0.1) is 0 Å². The second-order valence-electron chi connectivity index (χ2n) is 5.10. The summed E-state index contributed by atoms with van der Waals surface area (Å²) in [6.45, 7) is 0. The van der Waals surface area contributed by atoms with Crippen LogP contribution in [0.15, 0.2) is 65.1 Å². The van der Waals surface area contributed by atoms with Crippen LogP contribution in [0.4, 0.5) is 0 Å². The van der Waals surface area contributed by atoms with Crippen molar-refractivity contribution in [2.75, 3.05) is 7.11 Å². The lowest BCUT2D eigenvalue weighted by atomic mass is 10.00. The van der Waals surface area contributed by atoms with Gasteiger partial charge in [0.15, 0.2) is 5.78 Å². The minimum atomic E-state index is 0.125. The predicted molar refractivity (Wildman–Crippen MR) is 92.7 cm³/mol. The van der Waals surface area contributed by atoms with E-state index in [1.807, 2.05) is 60.7 Å². The number of ether oxygens (including phenoxy) is 1. The number of ketones is 1. The maximum Gasteiger partial charge on any atom is 0.167 e. The van der Waals surface area contributed by atoms with Crippen LogP contribution < -0.4 is 4.74 Å². The molecule has 0 unspecified atom stereocenters. The van der Waals surface area contributed by atoms with Gasteiger partial charge in [-0.3, -0.25) is 4.79 Å². The van der Waals surface area contributed by atoms with Gasteiger partial charge in [-0.1, -0.05) is 48.5 Å². The van der Waals surface area contributed by atoms with E-state index < -0.39 is 0 Å². The van der Waals surface area contributed by atoms with E-state index in [9.17, 15) is 4.79 Å². The summed E-state index contributed by atoms with van der Waals surface area (Å²) in [5.74, 6) is 0.913. The fraction of sp³-hybridized carbons (Fsp3) is 0.105. The summed E-state index contributed by atoms with van der Waals surface area (Å²) in [5, 5.41) is 2.06. The van der Waals surface area contributed by atoms with Crippen LogP contribution in [0.5, 0.6) is 5.75 Å². The number of fused-ring (bicyclic) bond motifs is 1. The lowest BCUT2D eigenvalue weighted by Gasteiger charge is -2.08. The fourth-order valence-corrected chi connectivity index (χ4v) is 3.14. The molecule has 0 aliphatic heterocycles. The highest BCUT2D eigenvalue weighted by atomic mass is 79.9. The normalized spacial score (nSPS) is 10.6. The van der Waals surface area contributed by atoms with Crippen molar-refractivity contribution in [2.45, 2.75) is 6.42 Å². The highest BCUT2D eigenvalue weighted by Crippen LogP contribution is 2.33. The summed E-state index contributed by atoms with van der Waals surface area (Å²) < 4.78 is 6.21. The fourth-order valence-electron chi connectivity index (χ4n) is 2.49. The Hall–Kier alpha value is -2.13. The van der Waals surface area contributed by atoms with Crippen molar-refractivity contribution in [3.05, 3.63) is 76.3 Å². The molecule has 3 rings (SSSR count). The Morgan fingerprint density at radius 3 is 2.55 bits per heavy atom. The summed E-state index contributed by atoms with van der Waals surface area (Å²) in [5.41, 5.74) is 1.76. The third kappa shape index (κ3) is 2.90. The third-order valence-corrected chi connectivity index (χ3v) is 4.49. The first-order valence-corrected chi connectivity index (χ1v) is 7.81. The smallest absolute Gasteiger partial charge is 0.167 e. The highest BCUT2D eigenvalue weighted by Gasteiger charge is 2.10. The summed E-state index contributed by atoms with van der Waals surface area (Å²) in [6.07, 6.45) is 0.420. The molecule has 3 heteroatoms. The molecule has 0 aromatic heterocycles. The van der Waals surface area contributed by atoms with E-state index in [-0.39, 0.29) is 5.78 Å². The van der Waals surface area contributed by atoms with Crippen LogP contribution in [0.3, 0.4) is 0 Å². The van der Waals surface area contributed by atoms with Gasteiger partial charge in [-0.2, -0.15) is 0 Å². The van der Waals surface area contributed by atoms with Crippen LogP contribution >= 0.6 is 15.9 Å². The Morgan fingerprint density at radius 1 is 1.05 bits per heavy atom. The zero-order valence-corrected chi connectivity index (χ0v) is 13.8. The molecular weight excluding hydrogens is 340 g/mol. The van der Waals surface area contributed by atoms with E-state index in [0.29, 0.717) is 6.42 Å².